The van der Waals surface area contributed by atoms with Crippen LogP contribution in [-0.4, -0.2) is 43.6 Å². The maximum absolute atomic E-state index is 12.5. The van der Waals surface area contributed by atoms with Crippen molar-refractivity contribution in [2.45, 2.75) is 45.6 Å². The normalized spacial score (nSPS) is 18.2. The van der Waals surface area contributed by atoms with Crippen LogP contribution in [0.2, 0.25) is 0 Å². The molecule has 6 nitrogen and oxygen atoms in total. The Morgan fingerprint density at radius 1 is 1.30 bits per heavy atom. The molecule has 0 aromatic carbocycles. The molecule has 1 fully saturated rings. The van der Waals surface area contributed by atoms with Crippen LogP contribution in [0.15, 0.2) is 24.5 Å². The number of carbonyl (C=O) groups is 1. The van der Waals surface area contributed by atoms with Crippen molar-refractivity contribution in [1.82, 2.24) is 24.6 Å². The van der Waals surface area contributed by atoms with Crippen molar-refractivity contribution in [3.05, 3.63) is 41.7 Å². The summed E-state index contributed by atoms with van der Waals surface area (Å²) in [7, 11) is 0. The van der Waals surface area contributed by atoms with Crippen LogP contribution in [0.3, 0.4) is 0 Å². The summed E-state index contributed by atoms with van der Waals surface area (Å²) in [6.07, 6.45) is 6.93. The molecule has 3 rings (SSSR count). The molecule has 0 spiro atoms. The maximum atomic E-state index is 12.5. The molecule has 1 saturated heterocycles. The molecule has 2 aromatic heterocycles. The second kappa shape index (κ2) is 6.89. The van der Waals surface area contributed by atoms with E-state index >= 15 is 0 Å². The molecule has 1 aliphatic heterocycles. The Balaban J connectivity index is 1.59. The van der Waals surface area contributed by atoms with Crippen LogP contribution in [0.5, 0.6) is 0 Å². The van der Waals surface area contributed by atoms with E-state index in [-0.39, 0.29) is 11.9 Å². The van der Waals surface area contributed by atoms with Crippen molar-refractivity contribution < 1.29 is 4.79 Å². The number of pyridine rings is 1. The van der Waals surface area contributed by atoms with Crippen LogP contribution in [0, 0.1) is 13.8 Å². The number of aryl methyl sites for hydroxylation is 3. The molecule has 0 radical (unpaired) electrons. The van der Waals surface area contributed by atoms with Gasteiger partial charge in [0.2, 0.25) is 5.91 Å². The van der Waals surface area contributed by atoms with Crippen LogP contribution in [0.1, 0.15) is 42.5 Å². The van der Waals surface area contributed by atoms with Gasteiger partial charge in [-0.2, -0.15) is 5.10 Å². The van der Waals surface area contributed by atoms with Crippen LogP contribution < -0.4 is 0 Å². The van der Waals surface area contributed by atoms with Crippen LogP contribution in [0.25, 0.3) is 0 Å². The average molecular weight is 313 g/mol. The zero-order valence-electron chi connectivity index (χ0n) is 13.8. The summed E-state index contributed by atoms with van der Waals surface area (Å²) in [6, 6.07) is 4.18. The van der Waals surface area contributed by atoms with Gasteiger partial charge in [-0.15, -0.1) is 0 Å². The number of piperidine rings is 1. The van der Waals surface area contributed by atoms with Gasteiger partial charge in [0.15, 0.2) is 0 Å². The smallest absolute Gasteiger partial charge is 0.222 e. The molecule has 0 unspecified atom stereocenters. The number of aromatic nitrogens is 4. The van der Waals surface area contributed by atoms with Gasteiger partial charge in [-0.3, -0.25) is 9.78 Å². The van der Waals surface area contributed by atoms with E-state index in [0.29, 0.717) is 6.42 Å². The lowest BCUT2D eigenvalue weighted by Gasteiger charge is -2.33. The van der Waals surface area contributed by atoms with Gasteiger partial charge in [-0.05, 0) is 50.8 Å². The molecule has 1 aliphatic rings. The Hall–Kier alpha value is -2.24. The summed E-state index contributed by atoms with van der Waals surface area (Å²) in [6.45, 7) is 5.46. The molecule has 3 heterocycles. The summed E-state index contributed by atoms with van der Waals surface area (Å²) in [5, 5.41) is 4.48. The standard InChI is InChI=1S/C17H23N5O/c1-13-19-14(2)22(20-13)16-4-3-11-21(12-16)17(23)6-5-15-7-9-18-10-8-15/h7-10,16H,3-6,11-12H2,1-2H3/t16-/m1/s1. The van der Waals surface area contributed by atoms with Gasteiger partial charge >= 0.3 is 0 Å². The lowest BCUT2D eigenvalue weighted by atomic mass is 10.0. The fraction of sp³-hybridized carbons (Fsp3) is 0.529. The Morgan fingerprint density at radius 3 is 2.78 bits per heavy atom. The van der Waals surface area contributed by atoms with E-state index in [2.05, 4.69) is 15.1 Å². The number of hydrogen-bond acceptors (Lipinski definition) is 4. The number of rotatable bonds is 4. The molecule has 6 heteroatoms. The van der Waals surface area contributed by atoms with Crippen LogP contribution in [0.4, 0.5) is 0 Å². The van der Waals surface area contributed by atoms with Gasteiger partial charge in [0.05, 0.1) is 6.04 Å². The van der Waals surface area contributed by atoms with E-state index in [9.17, 15) is 4.79 Å². The quantitative estimate of drug-likeness (QED) is 0.867. The summed E-state index contributed by atoms with van der Waals surface area (Å²) in [5.74, 6) is 1.95. The lowest BCUT2D eigenvalue weighted by Crippen LogP contribution is -2.41. The third-order valence-electron chi connectivity index (χ3n) is 4.38. The Kier molecular flexibility index (Phi) is 4.69. The molecule has 0 N–H and O–H groups in total. The molecule has 1 amide bonds. The van der Waals surface area contributed by atoms with E-state index in [1.807, 2.05) is 35.6 Å². The molecular formula is C17H23N5O. The molecule has 0 saturated carbocycles. The highest BCUT2D eigenvalue weighted by molar-refractivity contribution is 5.76. The van der Waals surface area contributed by atoms with E-state index in [1.165, 1.54) is 0 Å². The van der Waals surface area contributed by atoms with Crippen molar-refractivity contribution in [2.24, 2.45) is 0 Å². The van der Waals surface area contributed by atoms with Gasteiger partial charge in [-0.1, -0.05) is 0 Å². The van der Waals surface area contributed by atoms with Gasteiger partial charge in [-0.25, -0.2) is 9.67 Å². The zero-order chi connectivity index (χ0) is 16.2. The highest BCUT2D eigenvalue weighted by Gasteiger charge is 2.26. The molecule has 122 valence electrons. The predicted molar refractivity (Wildman–Crippen MR) is 86.9 cm³/mol. The topological polar surface area (TPSA) is 63.9 Å². The lowest BCUT2D eigenvalue weighted by molar-refractivity contribution is -0.132. The third kappa shape index (κ3) is 3.75. The molecule has 23 heavy (non-hydrogen) atoms. The number of hydrogen-bond donors (Lipinski definition) is 0. The predicted octanol–water partition coefficient (Wildman–Crippen LogP) is 2.09. The van der Waals surface area contributed by atoms with Gasteiger partial charge in [0, 0.05) is 31.9 Å². The van der Waals surface area contributed by atoms with Crippen molar-refractivity contribution in [1.29, 1.82) is 0 Å². The number of likely N-dealkylation sites (tertiary alicyclic amines) is 1. The first kappa shape index (κ1) is 15.6. The number of nitrogens with zero attached hydrogens (tertiary/aromatic N) is 5. The summed E-state index contributed by atoms with van der Waals surface area (Å²) in [5.41, 5.74) is 1.16. The number of carbonyl (C=O) groups excluding carboxylic acids is 1. The van der Waals surface area contributed by atoms with Gasteiger partial charge in [0.1, 0.15) is 11.6 Å². The maximum Gasteiger partial charge on any atom is 0.222 e. The summed E-state index contributed by atoms with van der Waals surface area (Å²) < 4.78 is 1.98. The minimum Gasteiger partial charge on any atom is -0.341 e. The first-order valence-corrected chi connectivity index (χ1v) is 8.20. The third-order valence-corrected chi connectivity index (χ3v) is 4.38. The molecular weight excluding hydrogens is 290 g/mol. The van der Waals surface area contributed by atoms with Crippen molar-refractivity contribution in [2.75, 3.05) is 13.1 Å². The second-order valence-electron chi connectivity index (χ2n) is 6.14. The zero-order valence-corrected chi connectivity index (χ0v) is 13.8. The van der Waals surface area contributed by atoms with Crippen LogP contribution in [-0.2, 0) is 11.2 Å². The summed E-state index contributed by atoms with van der Waals surface area (Å²) >= 11 is 0. The van der Waals surface area contributed by atoms with E-state index in [4.69, 9.17) is 0 Å². The van der Waals surface area contributed by atoms with Crippen LogP contribution >= 0.6 is 0 Å². The monoisotopic (exact) mass is 313 g/mol. The highest BCUT2D eigenvalue weighted by atomic mass is 16.2. The summed E-state index contributed by atoms with van der Waals surface area (Å²) in [4.78, 5) is 22.9. The van der Waals surface area contributed by atoms with Crippen molar-refractivity contribution in [3.63, 3.8) is 0 Å². The number of amides is 1. The Labute approximate surface area is 136 Å². The van der Waals surface area contributed by atoms with Crippen molar-refractivity contribution >= 4 is 5.91 Å². The minimum atomic E-state index is 0.223. The van der Waals surface area contributed by atoms with E-state index in [1.54, 1.807) is 12.4 Å². The fourth-order valence-corrected chi connectivity index (χ4v) is 3.22. The first-order valence-electron chi connectivity index (χ1n) is 8.20. The molecule has 2 aromatic rings. The van der Waals surface area contributed by atoms with Crippen molar-refractivity contribution in [3.8, 4) is 0 Å². The Morgan fingerprint density at radius 2 is 2.09 bits per heavy atom. The minimum absolute atomic E-state index is 0.223. The highest BCUT2D eigenvalue weighted by Crippen LogP contribution is 2.22. The molecule has 0 aliphatic carbocycles. The average Bonchev–Trinajstić information content (AvgIpc) is 2.92. The second-order valence-corrected chi connectivity index (χ2v) is 6.14. The molecule has 0 bridgehead atoms. The molecule has 1 atom stereocenters. The first-order chi connectivity index (χ1) is 11.1. The van der Waals surface area contributed by atoms with E-state index < -0.39 is 0 Å². The fourth-order valence-electron chi connectivity index (χ4n) is 3.22. The van der Waals surface area contributed by atoms with Gasteiger partial charge in [0.25, 0.3) is 0 Å². The Bertz CT molecular complexity index is 667. The van der Waals surface area contributed by atoms with E-state index in [0.717, 1.165) is 49.6 Å². The largest absolute Gasteiger partial charge is 0.341 e. The van der Waals surface area contributed by atoms with Gasteiger partial charge < -0.3 is 4.90 Å². The SMILES string of the molecule is Cc1nc(C)n([C@@H]2CCCN(C(=O)CCc3ccncc3)C2)n1.